The summed E-state index contributed by atoms with van der Waals surface area (Å²) in [6.07, 6.45) is 3.56. The second-order valence-corrected chi connectivity index (χ2v) is 5.23. The molecule has 0 spiro atoms. The standard InChI is InChI=1S/C14H19FN2O/c1-9-2-3-10(6-9)8-17-14(18)11-4-5-13(16)12(15)7-11/h4-5,7,9-10H,2-3,6,8,16H2,1H3,(H,17,18). The topological polar surface area (TPSA) is 55.1 Å². The first-order valence-corrected chi connectivity index (χ1v) is 6.39. The van der Waals surface area contributed by atoms with E-state index >= 15 is 0 Å². The molecule has 0 heterocycles. The van der Waals surface area contributed by atoms with Crippen molar-refractivity contribution in [3.63, 3.8) is 0 Å². The molecule has 1 saturated carbocycles. The van der Waals surface area contributed by atoms with E-state index < -0.39 is 5.82 Å². The summed E-state index contributed by atoms with van der Waals surface area (Å²) in [5, 5.41) is 2.86. The van der Waals surface area contributed by atoms with Crippen LogP contribution < -0.4 is 11.1 Å². The molecule has 3 N–H and O–H groups in total. The van der Waals surface area contributed by atoms with Gasteiger partial charge in [-0.1, -0.05) is 13.3 Å². The zero-order valence-electron chi connectivity index (χ0n) is 10.6. The van der Waals surface area contributed by atoms with E-state index in [0.717, 1.165) is 18.8 Å². The smallest absolute Gasteiger partial charge is 0.251 e. The molecular weight excluding hydrogens is 231 g/mol. The Kier molecular flexibility index (Phi) is 3.84. The van der Waals surface area contributed by atoms with Crippen molar-refractivity contribution < 1.29 is 9.18 Å². The summed E-state index contributed by atoms with van der Waals surface area (Å²) < 4.78 is 13.2. The van der Waals surface area contributed by atoms with E-state index in [9.17, 15) is 9.18 Å². The number of anilines is 1. The van der Waals surface area contributed by atoms with Crippen molar-refractivity contribution in [3.05, 3.63) is 29.6 Å². The summed E-state index contributed by atoms with van der Waals surface area (Å²) in [6, 6.07) is 4.15. The fraction of sp³-hybridized carbons (Fsp3) is 0.500. The van der Waals surface area contributed by atoms with Crippen molar-refractivity contribution in [1.82, 2.24) is 5.32 Å². The fourth-order valence-corrected chi connectivity index (χ4v) is 2.52. The number of halogens is 1. The normalized spacial score (nSPS) is 23.0. The molecule has 0 radical (unpaired) electrons. The lowest BCUT2D eigenvalue weighted by Crippen LogP contribution is -2.28. The number of amides is 1. The molecule has 1 fully saturated rings. The fourth-order valence-electron chi connectivity index (χ4n) is 2.52. The minimum absolute atomic E-state index is 0.0659. The van der Waals surface area contributed by atoms with Gasteiger partial charge in [0.25, 0.3) is 5.91 Å². The number of hydrogen-bond acceptors (Lipinski definition) is 2. The second-order valence-electron chi connectivity index (χ2n) is 5.23. The van der Waals surface area contributed by atoms with Crippen LogP contribution in [-0.2, 0) is 0 Å². The lowest BCUT2D eigenvalue weighted by Gasteiger charge is -2.11. The highest BCUT2D eigenvalue weighted by atomic mass is 19.1. The Morgan fingerprint density at radius 1 is 1.50 bits per heavy atom. The maximum Gasteiger partial charge on any atom is 0.251 e. The highest BCUT2D eigenvalue weighted by Gasteiger charge is 2.21. The van der Waals surface area contributed by atoms with E-state index in [4.69, 9.17) is 5.73 Å². The third-order valence-electron chi connectivity index (χ3n) is 3.62. The molecular formula is C14H19FN2O. The van der Waals surface area contributed by atoms with E-state index in [1.54, 1.807) is 6.07 Å². The van der Waals surface area contributed by atoms with Crippen LogP contribution in [0, 0.1) is 17.7 Å². The van der Waals surface area contributed by atoms with Crippen LogP contribution in [0.2, 0.25) is 0 Å². The van der Waals surface area contributed by atoms with Crippen molar-refractivity contribution in [3.8, 4) is 0 Å². The molecule has 0 saturated heterocycles. The number of hydrogen-bond donors (Lipinski definition) is 2. The van der Waals surface area contributed by atoms with Gasteiger partial charge in [-0.15, -0.1) is 0 Å². The minimum atomic E-state index is -0.544. The third kappa shape index (κ3) is 3.00. The zero-order chi connectivity index (χ0) is 13.1. The summed E-state index contributed by atoms with van der Waals surface area (Å²) in [5.74, 6) is 0.536. The van der Waals surface area contributed by atoms with Gasteiger partial charge in [-0.3, -0.25) is 4.79 Å². The summed E-state index contributed by atoms with van der Waals surface area (Å²) in [6.45, 7) is 2.91. The van der Waals surface area contributed by atoms with Crippen LogP contribution in [-0.4, -0.2) is 12.5 Å². The molecule has 1 aromatic rings. The monoisotopic (exact) mass is 250 g/mol. The summed E-state index contributed by atoms with van der Waals surface area (Å²) in [4.78, 5) is 11.8. The van der Waals surface area contributed by atoms with Crippen LogP contribution in [0.25, 0.3) is 0 Å². The zero-order valence-corrected chi connectivity index (χ0v) is 10.6. The molecule has 1 amide bonds. The predicted molar refractivity (Wildman–Crippen MR) is 69.7 cm³/mol. The number of carbonyl (C=O) groups excluding carboxylic acids is 1. The molecule has 1 aliphatic carbocycles. The van der Waals surface area contributed by atoms with E-state index in [0.29, 0.717) is 18.0 Å². The summed E-state index contributed by atoms with van der Waals surface area (Å²) >= 11 is 0. The maximum atomic E-state index is 13.2. The van der Waals surface area contributed by atoms with Crippen molar-refractivity contribution in [2.45, 2.75) is 26.2 Å². The Hall–Kier alpha value is -1.58. The second kappa shape index (κ2) is 5.38. The van der Waals surface area contributed by atoms with Crippen LogP contribution >= 0.6 is 0 Å². The number of nitrogens with two attached hydrogens (primary N) is 1. The molecule has 3 nitrogen and oxygen atoms in total. The molecule has 4 heteroatoms. The molecule has 2 atom stereocenters. The molecule has 0 aliphatic heterocycles. The third-order valence-corrected chi connectivity index (χ3v) is 3.62. The Morgan fingerprint density at radius 2 is 2.28 bits per heavy atom. The van der Waals surface area contributed by atoms with Crippen LogP contribution in [0.5, 0.6) is 0 Å². The molecule has 0 aromatic heterocycles. The van der Waals surface area contributed by atoms with Crippen molar-refractivity contribution >= 4 is 11.6 Å². The van der Waals surface area contributed by atoms with Gasteiger partial charge >= 0.3 is 0 Å². The first-order valence-electron chi connectivity index (χ1n) is 6.39. The lowest BCUT2D eigenvalue weighted by molar-refractivity contribution is 0.0946. The van der Waals surface area contributed by atoms with Gasteiger partial charge in [-0.05, 0) is 42.9 Å². The average molecular weight is 250 g/mol. The highest BCUT2D eigenvalue weighted by molar-refractivity contribution is 5.94. The maximum absolute atomic E-state index is 13.2. The van der Waals surface area contributed by atoms with Gasteiger partial charge in [0.1, 0.15) is 5.82 Å². The summed E-state index contributed by atoms with van der Waals surface area (Å²) in [5.41, 5.74) is 5.76. The minimum Gasteiger partial charge on any atom is -0.396 e. The van der Waals surface area contributed by atoms with Gasteiger partial charge in [0, 0.05) is 12.1 Å². The van der Waals surface area contributed by atoms with Gasteiger partial charge in [0.2, 0.25) is 0 Å². The lowest BCUT2D eigenvalue weighted by atomic mass is 10.1. The largest absolute Gasteiger partial charge is 0.396 e. The SMILES string of the molecule is CC1CCC(CNC(=O)c2ccc(N)c(F)c2)C1. The van der Waals surface area contributed by atoms with Gasteiger partial charge in [0.05, 0.1) is 5.69 Å². The Balaban J connectivity index is 1.89. The number of nitrogen functional groups attached to an aromatic ring is 1. The molecule has 98 valence electrons. The van der Waals surface area contributed by atoms with Crippen LogP contribution in [0.3, 0.4) is 0 Å². The number of nitrogens with one attached hydrogen (secondary N) is 1. The molecule has 1 aromatic carbocycles. The first-order chi connectivity index (χ1) is 8.56. The molecule has 2 unspecified atom stereocenters. The van der Waals surface area contributed by atoms with Gasteiger partial charge < -0.3 is 11.1 Å². The van der Waals surface area contributed by atoms with Gasteiger partial charge in [0.15, 0.2) is 0 Å². The Morgan fingerprint density at radius 3 is 2.89 bits per heavy atom. The van der Waals surface area contributed by atoms with Crippen LogP contribution in [0.1, 0.15) is 36.5 Å². The van der Waals surface area contributed by atoms with Crippen molar-refractivity contribution in [2.24, 2.45) is 11.8 Å². The number of rotatable bonds is 3. The van der Waals surface area contributed by atoms with Crippen LogP contribution in [0.4, 0.5) is 10.1 Å². The van der Waals surface area contributed by atoms with Crippen molar-refractivity contribution in [2.75, 3.05) is 12.3 Å². The molecule has 2 rings (SSSR count). The van der Waals surface area contributed by atoms with Crippen molar-refractivity contribution in [1.29, 1.82) is 0 Å². The van der Waals surface area contributed by atoms with E-state index in [1.165, 1.54) is 18.6 Å². The molecule has 0 bridgehead atoms. The Bertz CT molecular complexity index is 447. The number of carbonyl (C=O) groups is 1. The van der Waals surface area contributed by atoms with E-state index in [1.807, 2.05) is 0 Å². The number of benzene rings is 1. The van der Waals surface area contributed by atoms with E-state index in [2.05, 4.69) is 12.2 Å². The van der Waals surface area contributed by atoms with Gasteiger partial charge in [-0.25, -0.2) is 4.39 Å². The molecule has 18 heavy (non-hydrogen) atoms. The first kappa shape index (κ1) is 12.9. The van der Waals surface area contributed by atoms with E-state index in [-0.39, 0.29) is 11.6 Å². The van der Waals surface area contributed by atoms with Crippen LogP contribution in [0.15, 0.2) is 18.2 Å². The van der Waals surface area contributed by atoms with Gasteiger partial charge in [-0.2, -0.15) is 0 Å². The summed E-state index contributed by atoms with van der Waals surface area (Å²) in [7, 11) is 0. The molecule has 1 aliphatic rings. The average Bonchev–Trinajstić information content (AvgIpc) is 2.75. The predicted octanol–water partition coefficient (Wildman–Crippen LogP) is 2.57. The quantitative estimate of drug-likeness (QED) is 0.810. The Labute approximate surface area is 107 Å². The highest BCUT2D eigenvalue weighted by Crippen LogP contribution is 2.29.